The molecule has 1 aromatic carbocycles. The van der Waals surface area contributed by atoms with Gasteiger partial charge in [-0.1, -0.05) is 44.4 Å². The van der Waals surface area contributed by atoms with E-state index in [1.807, 2.05) is 7.05 Å². The fourth-order valence-corrected chi connectivity index (χ4v) is 2.35. The molecule has 0 saturated carbocycles. The Kier molecular flexibility index (Phi) is 5.93. The summed E-state index contributed by atoms with van der Waals surface area (Å²) in [7, 11) is 1.88. The van der Waals surface area contributed by atoms with Gasteiger partial charge in [-0.25, -0.2) is 4.39 Å². The third-order valence-corrected chi connectivity index (χ3v) is 3.43. The van der Waals surface area contributed by atoms with Crippen molar-refractivity contribution in [3.05, 3.63) is 34.6 Å². The standard InChI is InChI=1S/C14H21ClFN/c1-4-5-6-10(2)14(17-3)12-8-7-11(15)9-13(12)16/h7-10,14,17H,4-6H2,1-3H3. The van der Waals surface area contributed by atoms with Crippen LogP contribution in [0, 0.1) is 11.7 Å². The SMILES string of the molecule is CCCCC(C)C(NC)c1ccc(Cl)cc1F. The van der Waals surface area contributed by atoms with E-state index in [1.165, 1.54) is 18.9 Å². The molecule has 3 heteroatoms. The Morgan fingerprint density at radius 3 is 2.65 bits per heavy atom. The first-order valence-electron chi connectivity index (χ1n) is 6.22. The van der Waals surface area contributed by atoms with E-state index in [1.54, 1.807) is 12.1 Å². The van der Waals surface area contributed by atoms with Gasteiger partial charge in [0.25, 0.3) is 0 Å². The molecule has 0 spiro atoms. The minimum absolute atomic E-state index is 0.0545. The van der Waals surface area contributed by atoms with E-state index in [-0.39, 0.29) is 11.9 Å². The summed E-state index contributed by atoms with van der Waals surface area (Å²) in [5.74, 6) is 0.191. The number of nitrogens with one attached hydrogen (secondary N) is 1. The molecule has 0 radical (unpaired) electrons. The van der Waals surface area contributed by atoms with Crippen LogP contribution in [0.1, 0.15) is 44.7 Å². The molecule has 0 aliphatic rings. The summed E-state index contributed by atoms with van der Waals surface area (Å²) in [6, 6.07) is 4.96. The molecule has 0 heterocycles. The number of benzene rings is 1. The normalized spacial score (nSPS) is 14.6. The van der Waals surface area contributed by atoms with Crippen molar-refractivity contribution in [3.8, 4) is 0 Å². The van der Waals surface area contributed by atoms with Crippen LogP contribution in [0.4, 0.5) is 4.39 Å². The van der Waals surface area contributed by atoms with Gasteiger partial charge >= 0.3 is 0 Å². The fraction of sp³-hybridized carbons (Fsp3) is 0.571. The quantitative estimate of drug-likeness (QED) is 0.787. The Morgan fingerprint density at radius 1 is 1.41 bits per heavy atom. The molecule has 1 nitrogen and oxygen atoms in total. The highest BCUT2D eigenvalue weighted by molar-refractivity contribution is 6.30. The Bertz CT molecular complexity index is 354. The first-order valence-corrected chi connectivity index (χ1v) is 6.60. The highest BCUT2D eigenvalue weighted by Gasteiger charge is 2.20. The second kappa shape index (κ2) is 6.97. The molecule has 17 heavy (non-hydrogen) atoms. The number of hydrogen-bond donors (Lipinski definition) is 1. The van der Waals surface area contributed by atoms with Crippen LogP contribution < -0.4 is 5.32 Å². The van der Waals surface area contributed by atoms with Gasteiger partial charge in [0, 0.05) is 16.6 Å². The van der Waals surface area contributed by atoms with Crippen molar-refractivity contribution in [3.63, 3.8) is 0 Å². The fourth-order valence-electron chi connectivity index (χ4n) is 2.19. The summed E-state index contributed by atoms with van der Waals surface area (Å²) in [6.45, 7) is 4.33. The van der Waals surface area contributed by atoms with Crippen molar-refractivity contribution in [2.45, 2.75) is 39.2 Å². The van der Waals surface area contributed by atoms with Crippen LogP contribution >= 0.6 is 11.6 Å². The molecule has 2 atom stereocenters. The van der Waals surface area contributed by atoms with E-state index >= 15 is 0 Å². The number of rotatable bonds is 6. The Morgan fingerprint density at radius 2 is 2.12 bits per heavy atom. The van der Waals surface area contributed by atoms with Gasteiger partial charge < -0.3 is 5.32 Å². The molecule has 0 saturated heterocycles. The van der Waals surface area contributed by atoms with Crippen LogP contribution in [0.3, 0.4) is 0 Å². The zero-order chi connectivity index (χ0) is 12.8. The second-order valence-electron chi connectivity index (χ2n) is 4.55. The smallest absolute Gasteiger partial charge is 0.129 e. The maximum absolute atomic E-state index is 13.8. The molecule has 1 aromatic rings. The molecular formula is C14H21ClFN. The van der Waals surface area contributed by atoms with E-state index in [0.29, 0.717) is 16.5 Å². The van der Waals surface area contributed by atoms with Gasteiger partial charge in [-0.15, -0.1) is 0 Å². The molecule has 96 valence electrons. The highest BCUT2D eigenvalue weighted by Crippen LogP contribution is 2.28. The average Bonchev–Trinajstić information content (AvgIpc) is 2.30. The Hall–Kier alpha value is -0.600. The number of unbranched alkanes of at least 4 members (excludes halogenated alkanes) is 1. The average molecular weight is 258 g/mol. The molecule has 0 aliphatic heterocycles. The van der Waals surface area contributed by atoms with Crippen LogP contribution in [-0.4, -0.2) is 7.05 Å². The molecular weight excluding hydrogens is 237 g/mol. The summed E-state index contributed by atoms with van der Waals surface area (Å²) in [4.78, 5) is 0. The van der Waals surface area contributed by atoms with E-state index < -0.39 is 0 Å². The zero-order valence-electron chi connectivity index (χ0n) is 10.8. The van der Waals surface area contributed by atoms with Crippen molar-refractivity contribution in [2.24, 2.45) is 5.92 Å². The molecule has 1 N–H and O–H groups in total. The first kappa shape index (κ1) is 14.5. The van der Waals surface area contributed by atoms with Crippen molar-refractivity contribution in [1.82, 2.24) is 5.32 Å². The third kappa shape index (κ3) is 3.97. The van der Waals surface area contributed by atoms with E-state index in [4.69, 9.17) is 11.6 Å². The van der Waals surface area contributed by atoms with Crippen LogP contribution in [0.15, 0.2) is 18.2 Å². The van der Waals surface area contributed by atoms with Gasteiger partial charge in [-0.2, -0.15) is 0 Å². The number of halogens is 2. The van der Waals surface area contributed by atoms with Gasteiger partial charge in [0.05, 0.1) is 0 Å². The second-order valence-corrected chi connectivity index (χ2v) is 4.99. The van der Waals surface area contributed by atoms with E-state index in [9.17, 15) is 4.39 Å². The Balaban J connectivity index is 2.85. The van der Waals surface area contributed by atoms with E-state index in [0.717, 1.165) is 6.42 Å². The third-order valence-electron chi connectivity index (χ3n) is 3.19. The molecule has 0 amide bonds. The summed E-state index contributed by atoms with van der Waals surface area (Å²) < 4.78 is 13.8. The van der Waals surface area contributed by atoms with Crippen LogP contribution in [0.2, 0.25) is 5.02 Å². The van der Waals surface area contributed by atoms with E-state index in [2.05, 4.69) is 19.2 Å². The Labute approximate surface area is 108 Å². The predicted molar refractivity (Wildman–Crippen MR) is 71.9 cm³/mol. The van der Waals surface area contributed by atoms with Crippen molar-refractivity contribution >= 4 is 11.6 Å². The van der Waals surface area contributed by atoms with Crippen molar-refractivity contribution in [2.75, 3.05) is 7.05 Å². The monoisotopic (exact) mass is 257 g/mol. The van der Waals surface area contributed by atoms with Gasteiger partial charge in [0.1, 0.15) is 5.82 Å². The summed E-state index contributed by atoms with van der Waals surface area (Å²) in [5.41, 5.74) is 0.709. The molecule has 2 unspecified atom stereocenters. The van der Waals surface area contributed by atoms with Gasteiger partial charge in [-0.3, -0.25) is 0 Å². The van der Waals surface area contributed by atoms with Gasteiger partial charge in [-0.05, 0) is 31.5 Å². The van der Waals surface area contributed by atoms with Crippen molar-refractivity contribution < 1.29 is 4.39 Å². The maximum atomic E-state index is 13.8. The zero-order valence-corrected chi connectivity index (χ0v) is 11.5. The maximum Gasteiger partial charge on any atom is 0.129 e. The molecule has 0 aliphatic carbocycles. The lowest BCUT2D eigenvalue weighted by atomic mass is 9.90. The summed E-state index contributed by atoms with van der Waals surface area (Å²) in [5, 5.41) is 3.65. The largest absolute Gasteiger partial charge is 0.313 e. The molecule has 0 bridgehead atoms. The molecule has 1 rings (SSSR count). The van der Waals surface area contributed by atoms with Crippen LogP contribution in [0.25, 0.3) is 0 Å². The lowest BCUT2D eigenvalue weighted by molar-refractivity contribution is 0.366. The summed E-state index contributed by atoms with van der Waals surface area (Å²) >= 11 is 5.77. The van der Waals surface area contributed by atoms with Crippen LogP contribution in [-0.2, 0) is 0 Å². The van der Waals surface area contributed by atoms with Gasteiger partial charge in [0.2, 0.25) is 0 Å². The minimum Gasteiger partial charge on any atom is -0.313 e. The molecule has 0 fully saturated rings. The van der Waals surface area contributed by atoms with Crippen LogP contribution in [0.5, 0.6) is 0 Å². The lowest BCUT2D eigenvalue weighted by Crippen LogP contribution is -2.24. The molecule has 0 aromatic heterocycles. The van der Waals surface area contributed by atoms with Crippen molar-refractivity contribution in [1.29, 1.82) is 0 Å². The lowest BCUT2D eigenvalue weighted by Gasteiger charge is -2.24. The van der Waals surface area contributed by atoms with Gasteiger partial charge in [0.15, 0.2) is 0 Å². The topological polar surface area (TPSA) is 12.0 Å². The highest BCUT2D eigenvalue weighted by atomic mass is 35.5. The minimum atomic E-state index is -0.222. The first-order chi connectivity index (χ1) is 8.10. The summed E-state index contributed by atoms with van der Waals surface area (Å²) in [6.07, 6.45) is 3.45. The number of hydrogen-bond acceptors (Lipinski definition) is 1. The predicted octanol–water partition coefficient (Wildman–Crippen LogP) is 4.57.